The summed E-state index contributed by atoms with van der Waals surface area (Å²) in [5.74, 6) is 0. The second-order valence-electron chi connectivity index (χ2n) is 1.40. The summed E-state index contributed by atoms with van der Waals surface area (Å²) in [5.41, 5.74) is 1.86. The van der Waals surface area contributed by atoms with E-state index in [2.05, 4.69) is 6.58 Å². The van der Waals surface area contributed by atoms with E-state index in [1.807, 2.05) is 5.48 Å². The first kappa shape index (κ1) is 11.2. The Labute approximate surface area is 54.4 Å². The summed E-state index contributed by atoms with van der Waals surface area (Å²) < 4.78 is 0. The molecular formula is C5H13NO3. The van der Waals surface area contributed by atoms with Gasteiger partial charge in [-0.1, -0.05) is 6.58 Å². The second-order valence-corrected chi connectivity index (χ2v) is 1.40. The zero-order valence-electron chi connectivity index (χ0n) is 5.41. The predicted molar refractivity (Wildman–Crippen MR) is 34.3 cm³/mol. The number of rotatable bonds is 2. The van der Waals surface area contributed by atoms with Crippen LogP contribution in [-0.4, -0.2) is 28.1 Å². The van der Waals surface area contributed by atoms with E-state index < -0.39 is 0 Å². The Balaban J connectivity index is 0. The lowest BCUT2D eigenvalue weighted by Crippen LogP contribution is -2.25. The number of hydroxylamine groups is 1. The normalized spacial score (nSPS) is 11.0. The molecule has 0 aliphatic rings. The third kappa shape index (κ3) is 18.6. The zero-order chi connectivity index (χ0) is 7.70. The summed E-state index contributed by atoms with van der Waals surface area (Å²) >= 11 is 0. The molecule has 0 saturated carbocycles. The van der Waals surface area contributed by atoms with Crippen LogP contribution in [0.5, 0.6) is 0 Å². The highest BCUT2D eigenvalue weighted by molar-refractivity contribution is 4.45. The first-order chi connectivity index (χ1) is 4.22. The maximum absolute atomic E-state index is 8.11. The quantitative estimate of drug-likeness (QED) is 0.318. The Bertz CT molecular complexity index is 54.2. The van der Waals surface area contributed by atoms with Crippen LogP contribution in [0.3, 0.4) is 0 Å². The fourth-order valence-electron chi connectivity index (χ4n) is 0.0408. The van der Waals surface area contributed by atoms with Crippen LogP contribution in [0.15, 0.2) is 12.8 Å². The molecule has 4 heteroatoms. The molecule has 0 amide bonds. The zero-order valence-corrected chi connectivity index (χ0v) is 5.41. The van der Waals surface area contributed by atoms with Crippen LogP contribution in [-0.2, 0) is 0 Å². The number of aliphatic hydroxyl groups excluding tert-OH is 2. The number of hydrogen-bond acceptors (Lipinski definition) is 4. The summed E-state index contributed by atoms with van der Waals surface area (Å²) in [5, 5.41) is 23.4. The van der Waals surface area contributed by atoms with Gasteiger partial charge in [-0.25, -0.2) is 5.48 Å². The Hall–Kier alpha value is -0.580. The van der Waals surface area contributed by atoms with Crippen molar-refractivity contribution in [2.24, 2.45) is 0 Å². The maximum Gasteiger partial charge on any atom is 0.0719 e. The largest absolute Gasteiger partial charge is 0.516 e. The van der Waals surface area contributed by atoms with Gasteiger partial charge in [0.15, 0.2) is 0 Å². The van der Waals surface area contributed by atoms with Crippen LogP contribution in [0.2, 0.25) is 0 Å². The van der Waals surface area contributed by atoms with Crippen molar-refractivity contribution in [3.63, 3.8) is 0 Å². The lowest BCUT2D eigenvalue weighted by atomic mass is 10.4. The highest BCUT2D eigenvalue weighted by Gasteiger charge is 1.90. The van der Waals surface area contributed by atoms with Crippen LogP contribution < -0.4 is 5.48 Å². The molecule has 0 aliphatic carbocycles. The monoisotopic (exact) mass is 135 g/mol. The van der Waals surface area contributed by atoms with Crippen molar-refractivity contribution in [1.82, 2.24) is 5.48 Å². The third-order valence-corrected chi connectivity index (χ3v) is 0.494. The van der Waals surface area contributed by atoms with Crippen LogP contribution in [0.4, 0.5) is 0 Å². The lowest BCUT2D eigenvalue weighted by molar-refractivity contribution is 0.0986. The SMILES string of the molecule is C=CO.CC(CO)NO. The van der Waals surface area contributed by atoms with Gasteiger partial charge in [0, 0.05) is 0 Å². The van der Waals surface area contributed by atoms with Crippen molar-refractivity contribution in [2.45, 2.75) is 13.0 Å². The standard InChI is InChI=1S/C3H9NO2.C2H4O/c1-3(2-5)4-6;1-2-3/h3-6H,2H2,1H3;2-3H,1H2. The van der Waals surface area contributed by atoms with E-state index in [9.17, 15) is 0 Å². The van der Waals surface area contributed by atoms with Crippen LogP contribution >= 0.6 is 0 Å². The molecule has 1 atom stereocenters. The molecule has 56 valence electrons. The highest BCUT2D eigenvalue weighted by atomic mass is 16.5. The van der Waals surface area contributed by atoms with E-state index in [-0.39, 0.29) is 12.6 Å². The minimum absolute atomic E-state index is 0.0312. The van der Waals surface area contributed by atoms with Gasteiger partial charge in [0.1, 0.15) is 0 Å². The molecule has 0 saturated heterocycles. The van der Waals surface area contributed by atoms with Crippen molar-refractivity contribution < 1.29 is 15.4 Å². The van der Waals surface area contributed by atoms with E-state index in [0.717, 1.165) is 6.26 Å². The third-order valence-electron chi connectivity index (χ3n) is 0.494. The van der Waals surface area contributed by atoms with Gasteiger partial charge in [-0.3, -0.25) is 0 Å². The topological polar surface area (TPSA) is 72.7 Å². The van der Waals surface area contributed by atoms with Gasteiger partial charge in [-0.2, -0.15) is 0 Å². The van der Waals surface area contributed by atoms with Gasteiger partial charge in [0.25, 0.3) is 0 Å². The van der Waals surface area contributed by atoms with Gasteiger partial charge >= 0.3 is 0 Å². The Morgan fingerprint density at radius 3 is 2.11 bits per heavy atom. The molecule has 0 aromatic heterocycles. The molecule has 9 heavy (non-hydrogen) atoms. The molecule has 4 N–H and O–H groups in total. The highest BCUT2D eigenvalue weighted by Crippen LogP contribution is 1.69. The molecule has 0 aliphatic heterocycles. The van der Waals surface area contributed by atoms with E-state index in [4.69, 9.17) is 15.4 Å². The first-order valence-corrected chi connectivity index (χ1v) is 2.48. The summed E-state index contributed by atoms with van der Waals surface area (Å²) in [6.07, 6.45) is 0.750. The molecule has 0 rings (SSSR count). The van der Waals surface area contributed by atoms with E-state index in [1.54, 1.807) is 6.92 Å². The van der Waals surface area contributed by atoms with Crippen LogP contribution in [0.25, 0.3) is 0 Å². The van der Waals surface area contributed by atoms with Crippen molar-refractivity contribution in [3.8, 4) is 0 Å². The molecule has 0 radical (unpaired) electrons. The van der Waals surface area contributed by atoms with Crippen LogP contribution in [0.1, 0.15) is 6.92 Å². The summed E-state index contributed by atoms with van der Waals surface area (Å²) in [6.45, 7) is 4.55. The average molecular weight is 135 g/mol. The average Bonchev–Trinajstić information content (AvgIpc) is 1.88. The van der Waals surface area contributed by atoms with Crippen LogP contribution in [0, 0.1) is 0 Å². The van der Waals surface area contributed by atoms with Crippen molar-refractivity contribution in [2.75, 3.05) is 6.61 Å². The summed E-state index contributed by atoms with van der Waals surface area (Å²) in [6, 6.07) is -0.204. The smallest absolute Gasteiger partial charge is 0.0719 e. The van der Waals surface area contributed by atoms with Gasteiger partial charge in [-0.15, -0.1) is 0 Å². The van der Waals surface area contributed by atoms with Gasteiger partial charge in [0.05, 0.1) is 18.9 Å². The van der Waals surface area contributed by atoms with Crippen molar-refractivity contribution >= 4 is 0 Å². The number of nitrogens with one attached hydrogen (secondary N) is 1. The predicted octanol–water partition coefficient (Wildman–Crippen LogP) is 0.0339. The molecule has 1 unspecified atom stereocenters. The molecule has 4 nitrogen and oxygen atoms in total. The number of hydrogen-bond donors (Lipinski definition) is 4. The van der Waals surface area contributed by atoms with E-state index in [0.29, 0.717) is 0 Å². The van der Waals surface area contributed by atoms with Gasteiger partial charge < -0.3 is 15.4 Å². The van der Waals surface area contributed by atoms with E-state index >= 15 is 0 Å². The molecule has 0 aromatic carbocycles. The Kier molecular flexibility index (Phi) is 13.0. The van der Waals surface area contributed by atoms with Gasteiger partial charge in [-0.05, 0) is 6.92 Å². The fraction of sp³-hybridized carbons (Fsp3) is 0.600. The summed E-state index contributed by atoms with van der Waals surface area (Å²) in [4.78, 5) is 0. The van der Waals surface area contributed by atoms with Crippen molar-refractivity contribution in [3.05, 3.63) is 12.8 Å². The molecule has 0 bridgehead atoms. The Morgan fingerprint density at radius 1 is 1.78 bits per heavy atom. The molecule has 0 spiro atoms. The minimum Gasteiger partial charge on any atom is -0.516 e. The molecule has 0 fully saturated rings. The number of aliphatic hydroxyl groups is 2. The van der Waals surface area contributed by atoms with Crippen molar-refractivity contribution in [1.29, 1.82) is 0 Å². The minimum atomic E-state index is -0.204. The van der Waals surface area contributed by atoms with Gasteiger partial charge in [0.2, 0.25) is 0 Å². The lowest BCUT2D eigenvalue weighted by Gasteiger charge is -1.99. The fourth-order valence-corrected chi connectivity index (χ4v) is 0.0408. The first-order valence-electron chi connectivity index (χ1n) is 2.48. The second kappa shape index (κ2) is 10.4. The maximum atomic E-state index is 8.11. The Morgan fingerprint density at radius 2 is 2.11 bits per heavy atom. The molecule has 0 aromatic rings. The molecule has 0 heterocycles. The van der Waals surface area contributed by atoms with E-state index in [1.165, 1.54) is 0 Å². The summed E-state index contributed by atoms with van der Waals surface area (Å²) in [7, 11) is 0. The molecular weight excluding hydrogens is 122 g/mol.